The number of unbranched alkanes of at least 4 members (excludes halogenated alkanes) is 1. The van der Waals surface area contributed by atoms with Crippen LogP contribution in [0, 0.1) is 0 Å². The summed E-state index contributed by atoms with van der Waals surface area (Å²) >= 11 is 4.10. The Hall–Kier alpha value is -1.49. The fraction of sp³-hybridized carbons (Fsp3) is 0.333. The first-order chi connectivity index (χ1) is 8.24. The first kappa shape index (κ1) is 12.0. The fourth-order valence-electron chi connectivity index (χ4n) is 1.78. The number of H-pyrrole nitrogens is 1. The molecule has 90 valence electrons. The van der Waals surface area contributed by atoms with E-state index in [1.165, 1.54) is 4.57 Å². The third-order valence-electron chi connectivity index (χ3n) is 2.68. The molecule has 2 aromatic rings. The van der Waals surface area contributed by atoms with Crippen LogP contribution in [0.15, 0.2) is 33.9 Å². The number of fused-ring (bicyclic) bond motifs is 1. The van der Waals surface area contributed by atoms with Gasteiger partial charge in [0.1, 0.15) is 0 Å². The van der Waals surface area contributed by atoms with E-state index < -0.39 is 0 Å². The molecule has 5 heteroatoms. The van der Waals surface area contributed by atoms with E-state index in [-0.39, 0.29) is 11.2 Å². The number of rotatable bonds is 4. The van der Waals surface area contributed by atoms with Crippen molar-refractivity contribution in [3.63, 3.8) is 0 Å². The zero-order chi connectivity index (χ0) is 12.3. The van der Waals surface area contributed by atoms with E-state index in [9.17, 15) is 9.59 Å². The van der Waals surface area contributed by atoms with Crippen molar-refractivity contribution in [3.05, 3.63) is 45.1 Å². The number of para-hydroxylation sites is 1. The van der Waals surface area contributed by atoms with Crippen LogP contribution < -0.4 is 11.2 Å². The molecule has 0 atom stereocenters. The Morgan fingerprint density at radius 2 is 1.94 bits per heavy atom. The third-order valence-corrected chi connectivity index (χ3v) is 3.00. The van der Waals surface area contributed by atoms with Crippen LogP contribution in [0.25, 0.3) is 10.9 Å². The first-order valence-corrected chi connectivity index (χ1v) is 6.20. The SMILES string of the molecule is O=c1[nH]c2ccccc2c(=O)n1CCCCS. The smallest absolute Gasteiger partial charge is 0.307 e. The lowest BCUT2D eigenvalue weighted by atomic mass is 10.2. The molecule has 0 aliphatic carbocycles. The Morgan fingerprint density at radius 1 is 1.18 bits per heavy atom. The summed E-state index contributed by atoms with van der Waals surface area (Å²) in [4.78, 5) is 26.5. The van der Waals surface area contributed by atoms with E-state index in [0.29, 0.717) is 17.4 Å². The number of aromatic nitrogens is 2. The van der Waals surface area contributed by atoms with Crippen LogP contribution in [0.5, 0.6) is 0 Å². The third kappa shape index (κ3) is 2.44. The van der Waals surface area contributed by atoms with E-state index in [4.69, 9.17) is 0 Å². The molecule has 1 aromatic heterocycles. The van der Waals surface area contributed by atoms with Gasteiger partial charge >= 0.3 is 5.69 Å². The minimum absolute atomic E-state index is 0.219. The number of nitrogens with zero attached hydrogens (tertiary/aromatic N) is 1. The van der Waals surface area contributed by atoms with E-state index in [2.05, 4.69) is 17.6 Å². The van der Waals surface area contributed by atoms with Crippen LogP contribution in [0.2, 0.25) is 0 Å². The van der Waals surface area contributed by atoms with Crippen LogP contribution in [-0.2, 0) is 6.54 Å². The molecule has 4 nitrogen and oxygen atoms in total. The lowest BCUT2D eigenvalue weighted by Gasteiger charge is -2.05. The zero-order valence-corrected chi connectivity index (χ0v) is 10.2. The molecule has 0 saturated heterocycles. The Kier molecular flexibility index (Phi) is 3.68. The van der Waals surface area contributed by atoms with Crippen molar-refractivity contribution in [3.8, 4) is 0 Å². The van der Waals surface area contributed by atoms with Gasteiger partial charge < -0.3 is 4.98 Å². The molecule has 0 radical (unpaired) electrons. The van der Waals surface area contributed by atoms with E-state index >= 15 is 0 Å². The lowest BCUT2D eigenvalue weighted by Crippen LogP contribution is -2.35. The molecule has 0 unspecified atom stereocenters. The molecular weight excluding hydrogens is 236 g/mol. The summed E-state index contributed by atoms with van der Waals surface area (Å²) in [6, 6.07) is 7.04. The lowest BCUT2D eigenvalue weighted by molar-refractivity contribution is 0.592. The fourth-order valence-corrected chi connectivity index (χ4v) is 2.01. The summed E-state index contributed by atoms with van der Waals surface area (Å²) in [5, 5.41) is 0.554. The van der Waals surface area contributed by atoms with Crippen molar-refractivity contribution < 1.29 is 0 Å². The molecule has 17 heavy (non-hydrogen) atoms. The summed E-state index contributed by atoms with van der Waals surface area (Å²) in [6.07, 6.45) is 1.67. The van der Waals surface area contributed by atoms with Gasteiger partial charge in [-0.3, -0.25) is 9.36 Å². The highest BCUT2D eigenvalue weighted by molar-refractivity contribution is 7.80. The highest BCUT2D eigenvalue weighted by Gasteiger charge is 2.05. The molecule has 2 rings (SSSR count). The summed E-state index contributed by atoms with van der Waals surface area (Å²) in [5.74, 6) is 0.764. The molecule has 1 heterocycles. The van der Waals surface area contributed by atoms with Crippen LogP contribution >= 0.6 is 12.6 Å². The average molecular weight is 250 g/mol. The molecule has 1 aromatic carbocycles. The van der Waals surface area contributed by atoms with Gasteiger partial charge in [0.15, 0.2) is 0 Å². The highest BCUT2D eigenvalue weighted by Crippen LogP contribution is 2.03. The normalized spacial score (nSPS) is 10.9. The van der Waals surface area contributed by atoms with Crippen LogP contribution in [0.1, 0.15) is 12.8 Å². The summed E-state index contributed by atoms with van der Waals surface area (Å²) < 4.78 is 1.26. The second-order valence-electron chi connectivity index (χ2n) is 3.86. The van der Waals surface area contributed by atoms with E-state index in [1.54, 1.807) is 24.3 Å². The summed E-state index contributed by atoms with van der Waals surface area (Å²) in [5.41, 5.74) is 0.0318. The Labute approximate surface area is 104 Å². The van der Waals surface area contributed by atoms with Gasteiger partial charge in [-0.05, 0) is 30.7 Å². The number of benzene rings is 1. The van der Waals surface area contributed by atoms with Gasteiger partial charge in [0.05, 0.1) is 10.9 Å². The molecule has 0 aliphatic rings. The summed E-state index contributed by atoms with van der Waals surface area (Å²) in [7, 11) is 0. The number of hydrogen-bond donors (Lipinski definition) is 2. The Bertz CT molecular complexity index is 630. The number of aromatic amines is 1. The van der Waals surface area contributed by atoms with E-state index in [0.717, 1.165) is 18.6 Å². The van der Waals surface area contributed by atoms with Gasteiger partial charge in [-0.2, -0.15) is 12.6 Å². The largest absolute Gasteiger partial charge is 0.328 e. The van der Waals surface area contributed by atoms with Crippen molar-refractivity contribution in [2.45, 2.75) is 19.4 Å². The maximum Gasteiger partial charge on any atom is 0.328 e. The molecule has 0 amide bonds. The zero-order valence-electron chi connectivity index (χ0n) is 9.35. The van der Waals surface area contributed by atoms with Gasteiger partial charge in [0.25, 0.3) is 5.56 Å². The van der Waals surface area contributed by atoms with Gasteiger partial charge in [-0.25, -0.2) is 4.79 Å². The van der Waals surface area contributed by atoms with Gasteiger partial charge in [0, 0.05) is 6.54 Å². The standard InChI is InChI=1S/C12H14N2O2S/c15-11-9-5-1-2-6-10(9)13-12(16)14(11)7-3-4-8-17/h1-2,5-6,17H,3-4,7-8H2,(H,13,16). The van der Waals surface area contributed by atoms with Gasteiger partial charge in [-0.15, -0.1) is 0 Å². The molecule has 0 bridgehead atoms. The van der Waals surface area contributed by atoms with Gasteiger partial charge in [-0.1, -0.05) is 12.1 Å². The van der Waals surface area contributed by atoms with Crippen molar-refractivity contribution in [1.82, 2.24) is 9.55 Å². The summed E-state index contributed by atoms with van der Waals surface area (Å²) in [6.45, 7) is 0.444. The maximum absolute atomic E-state index is 12.1. The quantitative estimate of drug-likeness (QED) is 0.636. The molecule has 0 saturated carbocycles. The monoisotopic (exact) mass is 250 g/mol. The molecular formula is C12H14N2O2S. The topological polar surface area (TPSA) is 54.9 Å². The molecule has 0 aliphatic heterocycles. The number of nitrogens with one attached hydrogen (secondary N) is 1. The maximum atomic E-state index is 12.1. The predicted octanol–water partition coefficient (Wildman–Crippen LogP) is 1.40. The van der Waals surface area contributed by atoms with Crippen molar-refractivity contribution in [2.24, 2.45) is 0 Å². The Morgan fingerprint density at radius 3 is 2.71 bits per heavy atom. The second-order valence-corrected chi connectivity index (χ2v) is 4.31. The van der Waals surface area contributed by atoms with Gasteiger partial charge in [0.2, 0.25) is 0 Å². The minimum Gasteiger partial charge on any atom is -0.307 e. The van der Waals surface area contributed by atoms with E-state index in [1.807, 2.05) is 0 Å². The first-order valence-electron chi connectivity index (χ1n) is 5.57. The molecule has 0 spiro atoms. The Balaban J connectivity index is 2.49. The predicted molar refractivity (Wildman–Crippen MR) is 71.9 cm³/mol. The number of hydrogen-bond acceptors (Lipinski definition) is 3. The van der Waals surface area contributed by atoms with Crippen LogP contribution in [0.4, 0.5) is 0 Å². The molecule has 0 fully saturated rings. The molecule has 1 N–H and O–H groups in total. The minimum atomic E-state index is -0.340. The highest BCUT2D eigenvalue weighted by atomic mass is 32.1. The van der Waals surface area contributed by atoms with Crippen molar-refractivity contribution in [2.75, 3.05) is 5.75 Å². The second kappa shape index (κ2) is 5.23. The van der Waals surface area contributed by atoms with Crippen molar-refractivity contribution >= 4 is 23.5 Å². The van der Waals surface area contributed by atoms with Crippen LogP contribution in [0.3, 0.4) is 0 Å². The van der Waals surface area contributed by atoms with Crippen molar-refractivity contribution in [1.29, 1.82) is 0 Å². The number of thiol groups is 1. The average Bonchev–Trinajstić information content (AvgIpc) is 2.33. The van der Waals surface area contributed by atoms with Crippen LogP contribution in [-0.4, -0.2) is 15.3 Å².